The van der Waals surface area contributed by atoms with E-state index in [1.165, 1.54) is 0 Å². The minimum absolute atomic E-state index is 0.502. The van der Waals surface area contributed by atoms with Crippen molar-refractivity contribution in [2.45, 2.75) is 18.8 Å². The molecule has 3 heterocycles. The fraction of sp³-hybridized carbons (Fsp3) is 0.455. The zero-order valence-electron chi connectivity index (χ0n) is 8.94. The van der Waals surface area contributed by atoms with Gasteiger partial charge in [0.25, 0.3) is 0 Å². The molecular formula is C11H14N4O. The SMILES string of the molecule is Nc1n[nH]c2cc(C3CCOCC3)ncc12. The van der Waals surface area contributed by atoms with Crippen LogP contribution in [0.4, 0.5) is 5.82 Å². The van der Waals surface area contributed by atoms with Crippen LogP contribution in [0.25, 0.3) is 10.9 Å². The van der Waals surface area contributed by atoms with E-state index in [-0.39, 0.29) is 0 Å². The lowest BCUT2D eigenvalue weighted by Crippen LogP contribution is -2.14. The summed E-state index contributed by atoms with van der Waals surface area (Å²) < 4.78 is 5.34. The molecule has 1 aliphatic heterocycles. The molecule has 0 atom stereocenters. The Morgan fingerprint density at radius 2 is 2.19 bits per heavy atom. The highest BCUT2D eigenvalue weighted by molar-refractivity contribution is 5.87. The van der Waals surface area contributed by atoms with Crippen molar-refractivity contribution in [3.8, 4) is 0 Å². The monoisotopic (exact) mass is 218 g/mol. The van der Waals surface area contributed by atoms with E-state index in [1.54, 1.807) is 6.20 Å². The molecule has 1 saturated heterocycles. The molecule has 3 N–H and O–H groups in total. The van der Waals surface area contributed by atoms with Crippen LogP contribution >= 0.6 is 0 Å². The number of nitrogen functional groups attached to an aromatic ring is 1. The van der Waals surface area contributed by atoms with E-state index in [1.807, 2.05) is 0 Å². The summed E-state index contributed by atoms with van der Waals surface area (Å²) in [6, 6.07) is 2.05. The molecule has 0 aromatic carbocycles. The van der Waals surface area contributed by atoms with Gasteiger partial charge < -0.3 is 10.5 Å². The van der Waals surface area contributed by atoms with Gasteiger partial charge in [0.05, 0.1) is 10.9 Å². The molecule has 0 saturated carbocycles. The quantitative estimate of drug-likeness (QED) is 0.759. The molecule has 5 heteroatoms. The van der Waals surface area contributed by atoms with Crippen LogP contribution < -0.4 is 5.73 Å². The molecule has 0 radical (unpaired) electrons. The Morgan fingerprint density at radius 1 is 1.38 bits per heavy atom. The predicted octanol–water partition coefficient (Wildman–Crippen LogP) is 1.43. The van der Waals surface area contributed by atoms with E-state index in [9.17, 15) is 0 Å². The Hall–Kier alpha value is -1.62. The number of hydrogen-bond acceptors (Lipinski definition) is 4. The predicted molar refractivity (Wildman–Crippen MR) is 61.1 cm³/mol. The van der Waals surface area contributed by atoms with E-state index in [2.05, 4.69) is 21.2 Å². The van der Waals surface area contributed by atoms with Crippen LogP contribution in [-0.4, -0.2) is 28.4 Å². The number of fused-ring (bicyclic) bond motifs is 1. The molecule has 0 aliphatic carbocycles. The Labute approximate surface area is 93.0 Å². The van der Waals surface area contributed by atoms with Crippen LogP contribution in [-0.2, 0) is 4.74 Å². The molecule has 0 unspecified atom stereocenters. The van der Waals surface area contributed by atoms with E-state index < -0.39 is 0 Å². The molecule has 1 fully saturated rings. The number of rotatable bonds is 1. The zero-order valence-corrected chi connectivity index (χ0v) is 8.94. The first kappa shape index (κ1) is 9.59. The van der Waals surface area contributed by atoms with Gasteiger partial charge in [0.15, 0.2) is 5.82 Å². The number of nitrogens with one attached hydrogen (secondary N) is 1. The normalized spacial score (nSPS) is 18.0. The van der Waals surface area contributed by atoms with Crippen LogP contribution in [0.3, 0.4) is 0 Å². The Balaban J connectivity index is 1.97. The first-order valence-electron chi connectivity index (χ1n) is 5.52. The molecule has 0 amide bonds. The van der Waals surface area contributed by atoms with Crippen molar-refractivity contribution in [3.63, 3.8) is 0 Å². The summed E-state index contributed by atoms with van der Waals surface area (Å²) in [5.41, 5.74) is 7.78. The molecule has 5 nitrogen and oxygen atoms in total. The number of anilines is 1. The topological polar surface area (TPSA) is 76.8 Å². The van der Waals surface area contributed by atoms with E-state index in [4.69, 9.17) is 10.5 Å². The molecule has 84 valence electrons. The number of H-pyrrole nitrogens is 1. The fourth-order valence-electron chi connectivity index (χ4n) is 2.17. The second-order valence-corrected chi connectivity index (χ2v) is 4.15. The highest BCUT2D eigenvalue weighted by atomic mass is 16.5. The maximum Gasteiger partial charge on any atom is 0.154 e. The average Bonchev–Trinajstić information content (AvgIpc) is 2.72. The number of aromatic nitrogens is 3. The Morgan fingerprint density at radius 3 is 3.00 bits per heavy atom. The second kappa shape index (κ2) is 3.75. The lowest BCUT2D eigenvalue weighted by atomic mass is 9.96. The van der Waals surface area contributed by atoms with Gasteiger partial charge in [-0.3, -0.25) is 10.1 Å². The summed E-state index contributed by atoms with van der Waals surface area (Å²) in [6.07, 6.45) is 3.89. The summed E-state index contributed by atoms with van der Waals surface area (Å²) >= 11 is 0. The average molecular weight is 218 g/mol. The van der Waals surface area contributed by atoms with Crippen LogP contribution in [0.1, 0.15) is 24.5 Å². The maximum atomic E-state index is 5.70. The number of aromatic amines is 1. The minimum Gasteiger partial charge on any atom is -0.382 e. The Bertz CT molecular complexity index is 502. The first-order chi connectivity index (χ1) is 7.84. The van der Waals surface area contributed by atoms with Gasteiger partial charge in [-0.05, 0) is 18.9 Å². The minimum atomic E-state index is 0.502. The number of nitrogens with zero attached hydrogens (tertiary/aromatic N) is 2. The van der Waals surface area contributed by atoms with E-state index in [0.717, 1.165) is 42.7 Å². The van der Waals surface area contributed by atoms with Gasteiger partial charge in [-0.15, -0.1) is 0 Å². The highest BCUT2D eigenvalue weighted by Crippen LogP contribution is 2.27. The number of ether oxygens (including phenoxy) is 1. The summed E-state index contributed by atoms with van der Waals surface area (Å²) in [6.45, 7) is 1.66. The summed E-state index contributed by atoms with van der Waals surface area (Å²) in [7, 11) is 0. The molecule has 16 heavy (non-hydrogen) atoms. The third-order valence-electron chi connectivity index (χ3n) is 3.14. The van der Waals surface area contributed by atoms with Gasteiger partial charge in [0.1, 0.15) is 0 Å². The third kappa shape index (κ3) is 1.53. The van der Waals surface area contributed by atoms with Crippen molar-refractivity contribution >= 4 is 16.7 Å². The number of hydrogen-bond donors (Lipinski definition) is 2. The fourth-order valence-corrected chi connectivity index (χ4v) is 2.17. The van der Waals surface area contributed by atoms with Gasteiger partial charge in [-0.2, -0.15) is 5.10 Å². The van der Waals surface area contributed by atoms with Gasteiger partial charge in [-0.25, -0.2) is 0 Å². The summed E-state index contributed by atoms with van der Waals surface area (Å²) in [4.78, 5) is 4.47. The molecule has 0 bridgehead atoms. The van der Waals surface area contributed by atoms with Crippen molar-refractivity contribution in [2.24, 2.45) is 0 Å². The van der Waals surface area contributed by atoms with Crippen molar-refractivity contribution in [1.29, 1.82) is 0 Å². The van der Waals surface area contributed by atoms with Gasteiger partial charge in [0.2, 0.25) is 0 Å². The zero-order chi connectivity index (χ0) is 11.0. The van der Waals surface area contributed by atoms with Crippen LogP contribution in [0.15, 0.2) is 12.3 Å². The van der Waals surface area contributed by atoms with E-state index >= 15 is 0 Å². The molecule has 1 aliphatic rings. The van der Waals surface area contributed by atoms with Gasteiger partial charge in [-0.1, -0.05) is 0 Å². The standard InChI is InChI=1S/C11H14N4O/c12-11-8-6-13-9(5-10(8)14-15-11)7-1-3-16-4-2-7/h5-7H,1-4H2,(H3,12,14,15). The van der Waals surface area contributed by atoms with Crippen molar-refractivity contribution in [3.05, 3.63) is 18.0 Å². The molecule has 2 aromatic heterocycles. The lowest BCUT2D eigenvalue weighted by molar-refractivity contribution is 0.0845. The maximum absolute atomic E-state index is 5.70. The molecule has 0 spiro atoms. The van der Waals surface area contributed by atoms with Crippen LogP contribution in [0.5, 0.6) is 0 Å². The molecule has 3 rings (SSSR count). The number of pyridine rings is 1. The first-order valence-corrected chi connectivity index (χ1v) is 5.52. The third-order valence-corrected chi connectivity index (χ3v) is 3.14. The molecule has 2 aromatic rings. The van der Waals surface area contributed by atoms with Gasteiger partial charge >= 0.3 is 0 Å². The smallest absolute Gasteiger partial charge is 0.154 e. The number of nitrogens with two attached hydrogens (primary N) is 1. The van der Waals surface area contributed by atoms with Crippen molar-refractivity contribution in [1.82, 2.24) is 15.2 Å². The van der Waals surface area contributed by atoms with E-state index in [0.29, 0.717) is 11.7 Å². The molecular weight excluding hydrogens is 204 g/mol. The Kier molecular flexibility index (Phi) is 2.25. The highest BCUT2D eigenvalue weighted by Gasteiger charge is 2.17. The summed E-state index contributed by atoms with van der Waals surface area (Å²) in [5, 5.41) is 7.79. The van der Waals surface area contributed by atoms with Crippen LogP contribution in [0.2, 0.25) is 0 Å². The lowest BCUT2D eigenvalue weighted by Gasteiger charge is -2.21. The van der Waals surface area contributed by atoms with Crippen LogP contribution in [0, 0.1) is 0 Å². The van der Waals surface area contributed by atoms with Crippen molar-refractivity contribution in [2.75, 3.05) is 18.9 Å². The van der Waals surface area contributed by atoms with Gasteiger partial charge in [0, 0.05) is 31.0 Å². The summed E-state index contributed by atoms with van der Waals surface area (Å²) in [5.74, 6) is 1.02. The van der Waals surface area contributed by atoms with Crippen molar-refractivity contribution < 1.29 is 4.74 Å². The largest absolute Gasteiger partial charge is 0.382 e. The second-order valence-electron chi connectivity index (χ2n) is 4.15.